The molecule has 0 radical (unpaired) electrons. The highest BCUT2D eigenvalue weighted by atomic mass is 16.2. The Morgan fingerprint density at radius 3 is 2.90 bits per heavy atom. The van der Waals surface area contributed by atoms with E-state index in [9.17, 15) is 4.79 Å². The van der Waals surface area contributed by atoms with E-state index in [1.54, 1.807) is 11.1 Å². The Labute approximate surface area is 120 Å². The molecule has 1 aromatic rings. The van der Waals surface area contributed by atoms with Crippen LogP contribution in [0.15, 0.2) is 18.3 Å². The van der Waals surface area contributed by atoms with Gasteiger partial charge in [-0.1, -0.05) is 0 Å². The van der Waals surface area contributed by atoms with Crippen molar-refractivity contribution in [3.05, 3.63) is 24.0 Å². The summed E-state index contributed by atoms with van der Waals surface area (Å²) in [4.78, 5) is 20.7. The van der Waals surface area contributed by atoms with E-state index in [2.05, 4.69) is 9.88 Å². The van der Waals surface area contributed by atoms with E-state index in [-0.39, 0.29) is 5.91 Å². The van der Waals surface area contributed by atoms with Crippen molar-refractivity contribution in [3.8, 4) is 0 Å². The van der Waals surface area contributed by atoms with Crippen LogP contribution in [-0.2, 0) is 0 Å². The van der Waals surface area contributed by atoms with Crippen molar-refractivity contribution in [1.29, 1.82) is 0 Å². The zero-order valence-corrected chi connectivity index (χ0v) is 12.4. The Bertz CT molecular complexity index is 459. The molecular weight excluding hydrogens is 252 g/mol. The number of amides is 1. The third-order valence-electron chi connectivity index (χ3n) is 3.99. The van der Waals surface area contributed by atoms with E-state index in [4.69, 9.17) is 5.73 Å². The molecule has 1 saturated heterocycles. The Morgan fingerprint density at radius 1 is 1.50 bits per heavy atom. The normalized spacial score (nSPS) is 18.4. The van der Waals surface area contributed by atoms with Gasteiger partial charge in [0.05, 0.1) is 0 Å². The zero-order valence-electron chi connectivity index (χ0n) is 12.4. The molecule has 2 heterocycles. The van der Waals surface area contributed by atoms with Gasteiger partial charge in [0.2, 0.25) is 0 Å². The van der Waals surface area contributed by atoms with Crippen LogP contribution in [-0.4, -0.2) is 48.0 Å². The Kier molecular flexibility index (Phi) is 4.95. The zero-order chi connectivity index (χ0) is 14.5. The molecule has 20 heavy (non-hydrogen) atoms. The van der Waals surface area contributed by atoms with Gasteiger partial charge in [-0.25, -0.2) is 0 Å². The van der Waals surface area contributed by atoms with Crippen molar-refractivity contribution >= 4 is 11.6 Å². The van der Waals surface area contributed by atoms with Crippen LogP contribution in [0, 0.1) is 0 Å². The van der Waals surface area contributed by atoms with Crippen LogP contribution in [0.3, 0.4) is 0 Å². The monoisotopic (exact) mass is 276 g/mol. The molecule has 1 fully saturated rings. The van der Waals surface area contributed by atoms with Gasteiger partial charge in [-0.2, -0.15) is 0 Å². The molecule has 1 aliphatic heterocycles. The fraction of sp³-hybridized carbons (Fsp3) is 0.600. The third kappa shape index (κ3) is 2.93. The molecule has 5 nitrogen and oxygen atoms in total. The molecule has 1 atom stereocenters. The van der Waals surface area contributed by atoms with Gasteiger partial charge in [0.25, 0.3) is 5.91 Å². The number of aromatic nitrogens is 1. The minimum Gasteiger partial charge on any atom is -0.367 e. The van der Waals surface area contributed by atoms with Crippen molar-refractivity contribution in [3.63, 3.8) is 0 Å². The standard InChI is InChI=1S/C15H24N4O/c1-3-18(4-2)15(20)14-10-12(7-8-17-14)19-9-5-6-13(19)11-16/h7-8,10,13H,3-6,9,11,16H2,1-2H3. The van der Waals surface area contributed by atoms with Crippen molar-refractivity contribution in [2.24, 2.45) is 5.73 Å². The molecule has 0 spiro atoms. The number of rotatable bonds is 5. The largest absolute Gasteiger partial charge is 0.367 e. The van der Waals surface area contributed by atoms with Crippen LogP contribution in [0.2, 0.25) is 0 Å². The molecular formula is C15H24N4O. The molecule has 2 N–H and O–H groups in total. The number of hydrogen-bond donors (Lipinski definition) is 1. The molecule has 2 rings (SSSR count). The number of hydrogen-bond acceptors (Lipinski definition) is 4. The summed E-state index contributed by atoms with van der Waals surface area (Å²) in [6, 6.07) is 4.25. The van der Waals surface area contributed by atoms with Gasteiger partial charge < -0.3 is 15.5 Å². The maximum atomic E-state index is 12.3. The van der Waals surface area contributed by atoms with E-state index in [0.29, 0.717) is 31.4 Å². The average Bonchev–Trinajstić information content (AvgIpc) is 2.97. The molecule has 0 aromatic carbocycles. The highest BCUT2D eigenvalue weighted by molar-refractivity contribution is 5.93. The number of anilines is 1. The average molecular weight is 276 g/mol. The summed E-state index contributed by atoms with van der Waals surface area (Å²) in [5, 5.41) is 0. The summed E-state index contributed by atoms with van der Waals surface area (Å²) in [6.07, 6.45) is 4.00. The topological polar surface area (TPSA) is 62.5 Å². The number of pyridine rings is 1. The van der Waals surface area contributed by atoms with Crippen molar-refractivity contribution in [1.82, 2.24) is 9.88 Å². The van der Waals surface area contributed by atoms with E-state index in [1.165, 1.54) is 0 Å². The van der Waals surface area contributed by atoms with Gasteiger partial charge >= 0.3 is 0 Å². The molecule has 1 amide bonds. The summed E-state index contributed by atoms with van der Waals surface area (Å²) in [5.74, 6) is 0.000320. The first kappa shape index (κ1) is 14.8. The minimum absolute atomic E-state index is 0.000320. The van der Waals surface area contributed by atoms with Gasteiger partial charge in [-0.05, 0) is 38.8 Å². The van der Waals surface area contributed by atoms with Gasteiger partial charge in [-0.3, -0.25) is 9.78 Å². The van der Waals surface area contributed by atoms with Crippen LogP contribution in [0.4, 0.5) is 5.69 Å². The molecule has 1 aliphatic rings. The lowest BCUT2D eigenvalue weighted by Crippen LogP contribution is -2.36. The number of nitrogens with zero attached hydrogens (tertiary/aromatic N) is 3. The van der Waals surface area contributed by atoms with Crippen LogP contribution >= 0.6 is 0 Å². The van der Waals surface area contributed by atoms with E-state index < -0.39 is 0 Å². The van der Waals surface area contributed by atoms with Crippen LogP contribution in [0.25, 0.3) is 0 Å². The first-order valence-electron chi connectivity index (χ1n) is 7.43. The number of nitrogens with two attached hydrogens (primary N) is 1. The number of carbonyl (C=O) groups excluding carboxylic acids is 1. The predicted molar refractivity (Wildman–Crippen MR) is 80.9 cm³/mol. The third-order valence-corrected chi connectivity index (χ3v) is 3.99. The van der Waals surface area contributed by atoms with Gasteiger partial charge in [0.15, 0.2) is 0 Å². The molecule has 110 valence electrons. The molecule has 0 aliphatic carbocycles. The summed E-state index contributed by atoms with van der Waals surface area (Å²) >= 11 is 0. The molecule has 5 heteroatoms. The Balaban J connectivity index is 2.21. The van der Waals surface area contributed by atoms with E-state index >= 15 is 0 Å². The summed E-state index contributed by atoms with van der Waals surface area (Å²) in [5.41, 5.74) is 7.40. The molecule has 0 saturated carbocycles. The first-order chi connectivity index (χ1) is 9.71. The van der Waals surface area contributed by atoms with Crippen molar-refractivity contribution in [2.45, 2.75) is 32.7 Å². The van der Waals surface area contributed by atoms with Gasteiger partial charge in [-0.15, -0.1) is 0 Å². The lowest BCUT2D eigenvalue weighted by atomic mass is 10.2. The first-order valence-corrected chi connectivity index (χ1v) is 7.43. The summed E-state index contributed by atoms with van der Waals surface area (Å²) in [7, 11) is 0. The van der Waals surface area contributed by atoms with E-state index in [0.717, 1.165) is 25.1 Å². The van der Waals surface area contributed by atoms with Gasteiger partial charge in [0.1, 0.15) is 5.69 Å². The van der Waals surface area contributed by atoms with Crippen molar-refractivity contribution < 1.29 is 4.79 Å². The number of carbonyl (C=O) groups is 1. The summed E-state index contributed by atoms with van der Waals surface area (Å²) in [6.45, 7) is 7.03. The molecule has 1 unspecified atom stereocenters. The van der Waals surface area contributed by atoms with Crippen molar-refractivity contribution in [2.75, 3.05) is 31.1 Å². The van der Waals surface area contributed by atoms with E-state index in [1.807, 2.05) is 26.0 Å². The second kappa shape index (κ2) is 6.70. The molecule has 1 aromatic heterocycles. The lowest BCUT2D eigenvalue weighted by molar-refractivity contribution is 0.0767. The fourth-order valence-electron chi connectivity index (χ4n) is 2.81. The second-order valence-corrected chi connectivity index (χ2v) is 5.10. The highest BCUT2D eigenvalue weighted by Crippen LogP contribution is 2.25. The molecule has 0 bridgehead atoms. The maximum Gasteiger partial charge on any atom is 0.272 e. The highest BCUT2D eigenvalue weighted by Gasteiger charge is 2.24. The van der Waals surface area contributed by atoms with Gasteiger partial charge in [0, 0.05) is 44.1 Å². The maximum absolute atomic E-state index is 12.3. The SMILES string of the molecule is CCN(CC)C(=O)c1cc(N2CCCC2CN)ccn1. The van der Waals surface area contributed by atoms with Crippen LogP contribution in [0.1, 0.15) is 37.2 Å². The van der Waals surface area contributed by atoms with Crippen LogP contribution < -0.4 is 10.6 Å². The Hall–Kier alpha value is -1.62. The Morgan fingerprint density at radius 2 is 2.25 bits per heavy atom. The lowest BCUT2D eigenvalue weighted by Gasteiger charge is -2.26. The summed E-state index contributed by atoms with van der Waals surface area (Å²) < 4.78 is 0. The predicted octanol–water partition coefficient (Wildman–Crippen LogP) is 1.49. The fourth-order valence-corrected chi connectivity index (χ4v) is 2.81. The quantitative estimate of drug-likeness (QED) is 0.885. The minimum atomic E-state index is 0.000320. The van der Waals surface area contributed by atoms with Crippen LogP contribution in [0.5, 0.6) is 0 Å². The smallest absolute Gasteiger partial charge is 0.272 e. The second-order valence-electron chi connectivity index (χ2n) is 5.10.